The van der Waals surface area contributed by atoms with Crippen LogP contribution in [-0.2, 0) is 0 Å². The van der Waals surface area contributed by atoms with Gasteiger partial charge in [-0.25, -0.2) is 0 Å². The van der Waals surface area contributed by atoms with Crippen LogP contribution in [0.25, 0.3) is 0 Å². The maximum atomic E-state index is 8.81. The smallest absolute Gasteiger partial charge is 0.0666 e. The summed E-state index contributed by atoms with van der Waals surface area (Å²) in [7, 11) is 2.16. The van der Waals surface area contributed by atoms with Crippen molar-refractivity contribution in [2.75, 3.05) is 20.1 Å². The minimum atomic E-state index is 0.150. The summed E-state index contributed by atoms with van der Waals surface area (Å²) in [6, 6.07) is 3.72. The fourth-order valence-electron chi connectivity index (χ4n) is 2.63. The van der Waals surface area contributed by atoms with E-state index in [9.17, 15) is 0 Å². The van der Waals surface area contributed by atoms with Crippen molar-refractivity contribution in [2.24, 2.45) is 5.92 Å². The van der Waals surface area contributed by atoms with Gasteiger partial charge in [0.2, 0.25) is 0 Å². The van der Waals surface area contributed by atoms with E-state index in [0.717, 1.165) is 19.1 Å². The highest BCUT2D eigenvalue weighted by molar-refractivity contribution is 4.86. The molecular formula is C13H25N3. The van der Waals surface area contributed by atoms with Gasteiger partial charge in [0.1, 0.15) is 0 Å². The van der Waals surface area contributed by atoms with E-state index in [1.807, 2.05) is 6.92 Å². The van der Waals surface area contributed by atoms with Gasteiger partial charge in [0.05, 0.1) is 12.0 Å². The van der Waals surface area contributed by atoms with Gasteiger partial charge in [0.25, 0.3) is 0 Å². The molecule has 1 unspecified atom stereocenters. The van der Waals surface area contributed by atoms with Crippen LogP contribution in [0.4, 0.5) is 0 Å². The number of nitriles is 1. The van der Waals surface area contributed by atoms with Crippen LogP contribution in [0.1, 0.15) is 39.5 Å². The van der Waals surface area contributed by atoms with E-state index in [4.69, 9.17) is 5.26 Å². The molecule has 92 valence electrons. The van der Waals surface area contributed by atoms with Crippen molar-refractivity contribution in [3.8, 4) is 6.07 Å². The predicted molar refractivity (Wildman–Crippen MR) is 67.1 cm³/mol. The van der Waals surface area contributed by atoms with E-state index in [2.05, 4.69) is 30.3 Å². The zero-order valence-electron chi connectivity index (χ0n) is 10.9. The highest BCUT2D eigenvalue weighted by Gasteiger charge is 2.23. The number of nitrogens with zero attached hydrogens (tertiary/aromatic N) is 2. The summed E-state index contributed by atoms with van der Waals surface area (Å²) in [4.78, 5) is 2.37. The molecule has 0 aromatic heterocycles. The van der Waals surface area contributed by atoms with Crippen molar-refractivity contribution in [3.05, 3.63) is 0 Å². The molecule has 0 spiro atoms. The molecule has 1 rings (SSSR count). The third-order valence-corrected chi connectivity index (χ3v) is 3.60. The third-order valence-electron chi connectivity index (χ3n) is 3.60. The van der Waals surface area contributed by atoms with Crippen molar-refractivity contribution in [2.45, 2.75) is 51.6 Å². The third kappa shape index (κ3) is 4.11. The molecule has 0 heterocycles. The van der Waals surface area contributed by atoms with Crippen LogP contribution in [0.15, 0.2) is 0 Å². The van der Waals surface area contributed by atoms with E-state index >= 15 is 0 Å². The van der Waals surface area contributed by atoms with E-state index in [1.165, 1.54) is 25.7 Å². The minimum absolute atomic E-state index is 0.150. The summed E-state index contributed by atoms with van der Waals surface area (Å²) in [6.45, 7) is 6.16. The number of rotatable bonds is 5. The van der Waals surface area contributed by atoms with Gasteiger partial charge in [0.15, 0.2) is 0 Å². The van der Waals surface area contributed by atoms with Crippen molar-refractivity contribution in [3.63, 3.8) is 0 Å². The summed E-state index contributed by atoms with van der Waals surface area (Å²) in [5.74, 6) is 0.150. The second kappa shape index (κ2) is 6.88. The molecule has 0 radical (unpaired) electrons. The second-order valence-corrected chi connectivity index (χ2v) is 5.03. The average molecular weight is 223 g/mol. The molecule has 0 aromatic rings. The molecule has 16 heavy (non-hydrogen) atoms. The molecular weight excluding hydrogens is 198 g/mol. The first kappa shape index (κ1) is 13.5. The first-order valence-corrected chi connectivity index (χ1v) is 6.50. The highest BCUT2D eigenvalue weighted by atomic mass is 15.1. The first-order chi connectivity index (χ1) is 7.67. The zero-order valence-corrected chi connectivity index (χ0v) is 10.9. The maximum absolute atomic E-state index is 8.81. The lowest BCUT2D eigenvalue weighted by Crippen LogP contribution is -2.42. The van der Waals surface area contributed by atoms with E-state index in [1.54, 1.807) is 0 Å². The van der Waals surface area contributed by atoms with Crippen LogP contribution in [-0.4, -0.2) is 37.1 Å². The summed E-state index contributed by atoms with van der Waals surface area (Å²) in [5.41, 5.74) is 0. The molecule has 1 saturated carbocycles. The van der Waals surface area contributed by atoms with Crippen LogP contribution < -0.4 is 5.32 Å². The lowest BCUT2D eigenvalue weighted by molar-refractivity contribution is 0.165. The van der Waals surface area contributed by atoms with E-state index < -0.39 is 0 Å². The van der Waals surface area contributed by atoms with Crippen molar-refractivity contribution >= 4 is 0 Å². The molecule has 3 heteroatoms. The Morgan fingerprint density at radius 3 is 2.50 bits per heavy atom. The first-order valence-electron chi connectivity index (χ1n) is 6.50. The molecule has 1 aliphatic carbocycles. The molecule has 1 aliphatic rings. The predicted octanol–water partition coefficient (Wildman–Crippen LogP) is 2.00. The zero-order chi connectivity index (χ0) is 12.0. The van der Waals surface area contributed by atoms with Crippen molar-refractivity contribution in [1.29, 1.82) is 5.26 Å². The fraction of sp³-hybridized carbons (Fsp3) is 0.923. The number of hydrogen-bond donors (Lipinski definition) is 1. The molecule has 0 amide bonds. The summed E-state index contributed by atoms with van der Waals surface area (Å²) in [5, 5.41) is 12.3. The SMILES string of the molecule is CCNC1CCC(N(C)CC(C)C#N)CC1. The molecule has 0 saturated heterocycles. The van der Waals surface area contributed by atoms with Gasteiger partial charge in [-0.1, -0.05) is 6.92 Å². The largest absolute Gasteiger partial charge is 0.314 e. The topological polar surface area (TPSA) is 39.1 Å². The fourth-order valence-corrected chi connectivity index (χ4v) is 2.63. The molecule has 1 fully saturated rings. The van der Waals surface area contributed by atoms with Gasteiger partial charge >= 0.3 is 0 Å². The van der Waals surface area contributed by atoms with Crippen molar-refractivity contribution in [1.82, 2.24) is 10.2 Å². The summed E-state index contributed by atoms with van der Waals surface area (Å²) < 4.78 is 0. The van der Waals surface area contributed by atoms with Crippen LogP contribution in [0.5, 0.6) is 0 Å². The highest BCUT2D eigenvalue weighted by Crippen LogP contribution is 2.22. The lowest BCUT2D eigenvalue weighted by atomic mass is 9.90. The Morgan fingerprint density at radius 1 is 1.38 bits per heavy atom. The van der Waals surface area contributed by atoms with Gasteiger partial charge in [-0.2, -0.15) is 5.26 Å². The van der Waals surface area contributed by atoms with Gasteiger partial charge in [-0.15, -0.1) is 0 Å². The summed E-state index contributed by atoms with van der Waals surface area (Å²) >= 11 is 0. The number of nitrogens with one attached hydrogen (secondary N) is 1. The normalized spacial score (nSPS) is 27.7. The molecule has 0 bridgehead atoms. The van der Waals surface area contributed by atoms with Gasteiger partial charge < -0.3 is 10.2 Å². The Hall–Kier alpha value is -0.590. The molecule has 1 atom stereocenters. The quantitative estimate of drug-likeness (QED) is 0.775. The molecule has 0 aromatic carbocycles. The van der Waals surface area contributed by atoms with E-state index in [-0.39, 0.29) is 5.92 Å². The monoisotopic (exact) mass is 223 g/mol. The average Bonchev–Trinajstić information content (AvgIpc) is 2.30. The summed E-state index contributed by atoms with van der Waals surface area (Å²) in [6.07, 6.45) is 5.10. The van der Waals surface area contributed by atoms with Crippen LogP contribution >= 0.6 is 0 Å². The Kier molecular flexibility index (Phi) is 5.79. The van der Waals surface area contributed by atoms with Crippen LogP contribution in [0.2, 0.25) is 0 Å². The Bertz CT molecular complexity index is 226. The van der Waals surface area contributed by atoms with Gasteiger partial charge in [0, 0.05) is 18.6 Å². The standard InChI is InChI=1S/C13H25N3/c1-4-15-12-5-7-13(8-6-12)16(3)10-11(2)9-14/h11-13,15H,4-8,10H2,1-3H3. The molecule has 3 nitrogen and oxygen atoms in total. The Labute approximate surface area is 99.8 Å². The molecule has 1 N–H and O–H groups in total. The van der Waals surface area contributed by atoms with Crippen LogP contribution in [0.3, 0.4) is 0 Å². The second-order valence-electron chi connectivity index (χ2n) is 5.03. The maximum Gasteiger partial charge on any atom is 0.0666 e. The Balaban J connectivity index is 2.27. The molecule has 0 aliphatic heterocycles. The Morgan fingerprint density at radius 2 is 2.00 bits per heavy atom. The van der Waals surface area contributed by atoms with Gasteiger partial charge in [-0.3, -0.25) is 0 Å². The number of hydrogen-bond acceptors (Lipinski definition) is 3. The van der Waals surface area contributed by atoms with Gasteiger partial charge in [-0.05, 0) is 46.2 Å². The van der Waals surface area contributed by atoms with E-state index in [0.29, 0.717) is 6.04 Å². The van der Waals surface area contributed by atoms with Crippen molar-refractivity contribution < 1.29 is 0 Å². The minimum Gasteiger partial charge on any atom is -0.314 e. The lowest BCUT2D eigenvalue weighted by Gasteiger charge is -2.35. The van der Waals surface area contributed by atoms with Crippen LogP contribution in [0, 0.1) is 17.2 Å².